The van der Waals surface area contributed by atoms with Crippen LogP contribution in [0, 0.1) is 5.82 Å². The minimum Gasteiger partial charge on any atom is -0.508 e. The second-order valence-electron chi connectivity index (χ2n) is 6.87. The zero-order valence-corrected chi connectivity index (χ0v) is 14.8. The molecule has 4 rings (SSSR count). The van der Waals surface area contributed by atoms with Crippen molar-refractivity contribution in [2.75, 3.05) is 13.1 Å². The van der Waals surface area contributed by atoms with E-state index in [1.54, 1.807) is 29.2 Å². The van der Waals surface area contributed by atoms with Crippen LogP contribution in [-0.4, -0.2) is 29.2 Å². The first-order valence-electron chi connectivity index (χ1n) is 9.03. The molecule has 0 radical (unpaired) electrons. The summed E-state index contributed by atoms with van der Waals surface area (Å²) in [4.78, 5) is 14.2. The lowest BCUT2D eigenvalue weighted by molar-refractivity contribution is 0.139. The Hall–Kier alpha value is -3.08. The fourth-order valence-electron chi connectivity index (χ4n) is 3.57. The molecular formula is C22H20FNO3. The van der Waals surface area contributed by atoms with Gasteiger partial charge in [0, 0.05) is 13.1 Å². The van der Waals surface area contributed by atoms with Crippen molar-refractivity contribution in [3.8, 4) is 11.5 Å². The van der Waals surface area contributed by atoms with E-state index in [-0.39, 0.29) is 17.7 Å². The fourth-order valence-corrected chi connectivity index (χ4v) is 3.57. The van der Waals surface area contributed by atoms with Crippen molar-refractivity contribution in [1.82, 2.24) is 4.90 Å². The maximum Gasteiger partial charge on any atom is 0.415 e. The molecule has 0 bridgehead atoms. The number of carbonyl (C=O) groups excluding carboxylic acids is 1. The minimum absolute atomic E-state index is 0.175. The first kappa shape index (κ1) is 17.3. The molecule has 5 heteroatoms. The van der Waals surface area contributed by atoms with Gasteiger partial charge in [-0.25, -0.2) is 9.18 Å². The van der Waals surface area contributed by atoms with Crippen molar-refractivity contribution in [3.05, 3.63) is 72.0 Å². The number of phenols is 1. The van der Waals surface area contributed by atoms with Gasteiger partial charge in [-0.1, -0.05) is 24.3 Å². The van der Waals surface area contributed by atoms with E-state index in [4.69, 9.17) is 4.74 Å². The van der Waals surface area contributed by atoms with Gasteiger partial charge in [-0.3, -0.25) is 0 Å². The van der Waals surface area contributed by atoms with Crippen LogP contribution < -0.4 is 4.74 Å². The van der Waals surface area contributed by atoms with E-state index in [1.807, 2.05) is 24.3 Å². The van der Waals surface area contributed by atoms with Crippen molar-refractivity contribution in [1.29, 1.82) is 0 Å². The van der Waals surface area contributed by atoms with E-state index in [0.29, 0.717) is 24.8 Å². The molecule has 0 aromatic heterocycles. The maximum atomic E-state index is 13.1. The van der Waals surface area contributed by atoms with Crippen LogP contribution in [0.5, 0.6) is 11.5 Å². The highest BCUT2D eigenvalue weighted by Crippen LogP contribution is 2.29. The van der Waals surface area contributed by atoms with Crippen molar-refractivity contribution in [2.45, 2.75) is 18.8 Å². The lowest BCUT2D eigenvalue weighted by Gasteiger charge is -2.31. The van der Waals surface area contributed by atoms with Crippen LogP contribution in [0.4, 0.5) is 9.18 Å². The summed E-state index contributed by atoms with van der Waals surface area (Å²) in [5.41, 5.74) is 1.11. The number of piperidine rings is 1. The van der Waals surface area contributed by atoms with E-state index in [9.17, 15) is 14.3 Å². The molecule has 3 aromatic rings. The number of amides is 1. The molecule has 0 aliphatic carbocycles. The Morgan fingerprint density at radius 2 is 1.67 bits per heavy atom. The molecular weight excluding hydrogens is 345 g/mol. The van der Waals surface area contributed by atoms with Crippen LogP contribution in [0.2, 0.25) is 0 Å². The zero-order chi connectivity index (χ0) is 18.8. The summed E-state index contributed by atoms with van der Waals surface area (Å²) < 4.78 is 18.6. The molecule has 1 saturated heterocycles. The smallest absolute Gasteiger partial charge is 0.415 e. The number of hydrogen-bond donors (Lipinski definition) is 1. The normalized spacial score (nSPS) is 15.1. The highest BCUT2D eigenvalue weighted by Gasteiger charge is 2.25. The molecule has 1 aliphatic heterocycles. The van der Waals surface area contributed by atoms with Gasteiger partial charge in [0.05, 0.1) is 0 Å². The standard InChI is InChI=1S/C22H20FNO3/c23-19-5-1-15(2-6-19)17-9-11-24(12-10-17)22(26)27-21-8-4-16-3-7-20(25)13-18(16)14-21/h1-8,13-14,17,25H,9-12H2. The number of phenolic OH excluding ortho intramolecular Hbond substituents is 1. The number of halogens is 1. The Kier molecular flexibility index (Phi) is 4.67. The van der Waals surface area contributed by atoms with Crippen molar-refractivity contribution in [3.63, 3.8) is 0 Å². The van der Waals surface area contributed by atoms with Crippen molar-refractivity contribution in [2.24, 2.45) is 0 Å². The quantitative estimate of drug-likeness (QED) is 0.690. The number of carbonyl (C=O) groups is 1. The van der Waals surface area contributed by atoms with Gasteiger partial charge < -0.3 is 14.7 Å². The number of fused-ring (bicyclic) bond motifs is 1. The molecule has 0 saturated carbocycles. The van der Waals surface area contributed by atoms with Gasteiger partial charge in [-0.05, 0) is 71.5 Å². The first-order chi connectivity index (χ1) is 13.1. The lowest BCUT2D eigenvalue weighted by Crippen LogP contribution is -2.39. The van der Waals surface area contributed by atoms with Gasteiger partial charge in [0.2, 0.25) is 0 Å². The highest BCUT2D eigenvalue weighted by atomic mass is 19.1. The molecule has 1 heterocycles. The third kappa shape index (κ3) is 3.87. The maximum absolute atomic E-state index is 13.1. The van der Waals surface area contributed by atoms with Gasteiger partial charge in [0.1, 0.15) is 17.3 Å². The van der Waals surface area contributed by atoms with E-state index in [1.165, 1.54) is 12.1 Å². The lowest BCUT2D eigenvalue weighted by atomic mass is 9.89. The molecule has 4 nitrogen and oxygen atoms in total. The fraction of sp³-hybridized carbons (Fsp3) is 0.227. The molecule has 1 fully saturated rings. The number of rotatable bonds is 2. The second-order valence-corrected chi connectivity index (χ2v) is 6.87. The van der Waals surface area contributed by atoms with Crippen LogP contribution in [0.3, 0.4) is 0 Å². The molecule has 3 aromatic carbocycles. The highest BCUT2D eigenvalue weighted by molar-refractivity contribution is 5.86. The summed E-state index contributed by atoms with van der Waals surface area (Å²) in [5.74, 6) is 0.731. The molecule has 1 N–H and O–H groups in total. The molecule has 0 spiro atoms. The monoisotopic (exact) mass is 365 g/mol. The Labute approximate surface area is 156 Å². The molecule has 27 heavy (non-hydrogen) atoms. The van der Waals surface area contributed by atoms with Crippen LogP contribution in [-0.2, 0) is 0 Å². The molecule has 1 amide bonds. The summed E-state index contributed by atoms with van der Waals surface area (Å²) in [7, 11) is 0. The van der Waals surface area contributed by atoms with Crippen LogP contribution in [0.1, 0.15) is 24.3 Å². The Morgan fingerprint density at radius 1 is 0.963 bits per heavy atom. The van der Waals surface area contributed by atoms with Crippen molar-refractivity contribution < 1.29 is 19.0 Å². The number of likely N-dealkylation sites (tertiary alicyclic amines) is 1. The summed E-state index contributed by atoms with van der Waals surface area (Å²) >= 11 is 0. The van der Waals surface area contributed by atoms with Crippen LogP contribution in [0.15, 0.2) is 60.7 Å². The van der Waals surface area contributed by atoms with Gasteiger partial charge in [0.15, 0.2) is 0 Å². The molecule has 1 aliphatic rings. The van der Waals surface area contributed by atoms with Gasteiger partial charge in [0.25, 0.3) is 0 Å². The van der Waals surface area contributed by atoms with E-state index < -0.39 is 0 Å². The van der Waals surface area contributed by atoms with Crippen molar-refractivity contribution >= 4 is 16.9 Å². The average molecular weight is 365 g/mol. The van der Waals surface area contributed by atoms with Crippen LogP contribution >= 0.6 is 0 Å². The number of nitrogens with zero attached hydrogens (tertiary/aromatic N) is 1. The minimum atomic E-state index is -0.368. The summed E-state index contributed by atoms with van der Waals surface area (Å²) in [6, 6.07) is 17.0. The molecule has 0 unspecified atom stereocenters. The first-order valence-corrected chi connectivity index (χ1v) is 9.03. The predicted octanol–water partition coefficient (Wildman–Crippen LogP) is 5.06. The number of hydrogen-bond acceptors (Lipinski definition) is 3. The number of aromatic hydroxyl groups is 1. The summed E-state index contributed by atoms with van der Waals surface area (Å²) in [6.45, 7) is 1.21. The molecule has 138 valence electrons. The van der Waals surface area contributed by atoms with Crippen LogP contribution in [0.25, 0.3) is 10.8 Å². The van der Waals surface area contributed by atoms with Gasteiger partial charge >= 0.3 is 6.09 Å². The van der Waals surface area contributed by atoms with E-state index in [2.05, 4.69) is 0 Å². The second kappa shape index (κ2) is 7.27. The summed E-state index contributed by atoms with van der Waals surface area (Å²) in [6.07, 6.45) is 1.28. The topological polar surface area (TPSA) is 49.8 Å². The third-order valence-electron chi connectivity index (χ3n) is 5.10. The number of ether oxygens (including phenoxy) is 1. The SMILES string of the molecule is O=C(Oc1ccc2ccc(O)cc2c1)N1CCC(c2ccc(F)cc2)CC1. The van der Waals surface area contributed by atoms with E-state index >= 15 is 0 Å². The average Bonchev–Trinajstić information content (AvgIpc) is 2.68. The van der Waals surface area contributed by atoms with Gasteiger partial charge in [-0.2, -0.15) is 0 Å². The zero-order valence-electron chi connectivity index (χ0n) is 14.8. The number of benzene rings is 3. The predicted molar refractivity (Wildman–Crippen MR) is 102 cm³/mol. The molecule has 0 atom stereocenters. The van der Waals surface area contributed by atoms with E-state index in [0.717, 1.165) is 29.2 Å². The Bertz CT molecular complexity index is 963. The Morgan fingerprint density at radius 3 is 2.41 bits per heavy atom. The van der Waals surface area contributed by atoms with Gasteiger partial charge in [-0.15, -0.1) is 0 Å². The third-order valence-corrected chi connectivity index (χ3v) is 5.10. The Balaban J connectivity index is 1.38. The summed E-state index contributed by atoms with van der Waals surface area (Å²) in [5, 5.41) is 11.4. The largest absolute Gasteiger partial charge is 0.508 e.